The van der Waals surface area contributed by atoms with E-state index in [1.807, 2.05) is 11.0 Å². The number of amides is 5. The number of hydrogen-bond donors (Lipinski definition) is 3. The summed E-state index contributed by atoms with van der Waals surface area (Å²) in [5.74, 6) is -1.79. The first-order chi connectivity index (χ1) is 36.2. The van der Waals surface area contributed by atoms with Gasteiger partial charge in [0.05, 0.1) is 40.4 Å². The van der Waals surface area contributed by atoms with Crippen LogP contribution in [-0.2, 0) is 40.2 Å². The highest BCUT2D eigenvalue weighted by molar-refractivity contribution is 7.89. The molecule has 414 valence electrons. The second-order valence-corrected chi connectivity index (χ2v) is 24.4. The van der Waals surface area contributed by atoms with Gasteiger partial charge in [-0.2, -0.15) is 17.5 Å². The fourth-order valence-corrected chi connectivity index (χ4v) is 14.7. The first-order valence-corrected chi connectivity index (χ1v) is 28.6. The molecule has 0 radical (unpaired) electrons. The number of alkyl halides is 3. The largest absolute Gasteiger partial charge is 0.416 e. The van der Waals surface area contributed by atoms with Crippen LogP contribution in [0.4, 0.5) is 19.0 Å². The van der Waals surface area contributed by atoms with Crippen LogP contribution in [0.3, 0.4) is 0 Å². The molecule has 7 atom stereocenters. The van der Waals surface area contributed by atoms with Gasteiger partial charge in [-0.1, -0.05) is 6.07 Å². The summed E-state index contributed by atoms with van der Waals surface area (Å²) in [7, 11) is 0.101. The third-order valence-electron chi connectivity index (χ3n) is 17.5. The van der Waals surface area contributed by atoms with Crippen LogP contribution in [0.2, 0.25) is 0 Å². The van der Waals surface area contributed by atoms with E-state index >= 15 is 0 Å². The molecule has 2 aliphatic carbocycles. The van der Waals surface area contributed by atoms with Crippen molar-refractivity contribution in [3.63, 3.8) is 0 Å². The maximum atomic E-state index is 14.2. The van der Waals surface area contributed by atoms with Gasteiger partial charge in [-0.05, 0) is 122 Å². The third kappa shape index (κ3) is 11.7. The van der Waals surface area contributed by atoms with Crippen LogP contribution in [0.1, 0.15) is 109 Å². The van der Waals surface area contributed by atoms with E-state index in [0.29, 0.717) is 70.3 Å². The van der Waals surface area contributed by atoms with Crippen molar-refractivity contribution in [3.8, 4) is 0 Å². The molecular formula is C53H73F3N12O7S. The molecule has 0 bridgehead atoms. The summed E-state index contributed by atoms with van der Waals surface area (Å²) in [4.78, 5) is 90.3. The molecule has 4 saturated heterocycles. The van der Waals surface area contributed by atoms with Crippen molar-refractivity contribution in [2.45, 2.75) is 151 Å². The third-order valence-corrected chi connectivity index (χ3v) is 19.9. The molecule has 2 saturated carbocycles. The number of aromatic nitrogens is 3. The number of fused-ring (bicyclic) bond motifs is 1. The van der Waals surface area contributed by atoms with Gasteiger partial charge in [-0.25, -0.2) is 18.4 Å². The first kappa shape index (κ1) is 55.2. The summed E-state index contributed by atoms with van der Waals surface area (Å²) in [6.45, 7) is 8.69. The number of halogens is 3. The van der Waals surface area contributed by atoms with Gasteiger partial charge >= 0.3 is 6.18 Å². The zero-order chi connectivity index (χ0) is 54.2. The number of likely N-dealkylation sites (tertiary alicyclic amines) is 3. The molecule has 3 aromatic rings. The molecule has 6 aliphatic rings. The number of nitrogens with zero attached hydrogens (tertiary/aromatic N) is 9. The quantitative estimate of drug-likeness (QED) is 0.209. The van der Waals surface area contributed by atoms with E-state index in [0.717, 1.165) is 37.0 Å². The number of hydrogen-bond acceptors (Lipinski definition) is 13. The zero-order valence-corrected chi connectivity index (χ0v) is 44.9. The highest BCUT2D eigenvalue weighted by Gasteiger charge is 2.47. The van der Waals surface area contributed by atoms with E-state index in [1.165, 1.54) is 12.4 Å². The molecule has 6 fully saturated rings. The van der Waals surface area contributed by atoms with E-state index in [-0.39, 0.29) is 103 Å². The van der Waals surface area contributed by atoms with Crippen molar-refractivity contribution in [1.29, 1.82) is 0 Å². The van der Waals surface area contributed by atoms with Gasteiger partial charge in [0.25, 0.3) is 0 Å². The first-order valence-electron chi connectivity index (χ1n) is 27.1. The van der Waals surface area contributed by atoms with Crippen molar-refractivity contribution < 1.29 is 45.6 Å². The molecule has 19 nitrogen and oxygen atoms in total. The summed E-state index contributed by atoms with van der Waals surface area (Å²) >= 11 is 0. The second-order valence-electron chi connectivity index (χ2n) is 22.2. The number of piperazine rings is 1. The maximum Gasteiger partial charge on any atom is 0.416 e. The standard InChI is InChI=1S/C53H73F3N12O7S/c1-32(2)63(4)38-13-15-45(68-22-18-43(52(68)73)61-48-40-27-36(53(54,55)56)10-14-42(40)58-31-59-48)44(28-38)62-49(70)34-8-11-37(12-9-34)65-23-25-67(26-24-65)76(74,75)39-16-20-66(21-17-39)51(72)33(3)60-50(71)41-29-46(69)64(5)47(41)35-7-6-19-57-30-35/h6-7,10,14,19,27,30-34,37-39,41,43-45,47H,8-9,11-13,15-18,20-26,28-29H2,1-5H3,(H,60,71)(H,62,70)(H,58,59,61)/t33-,34?,37?,38+,41-,43-,44+,45-,47+/m0/s1. The van der Waals surface area contributed by atoms with Crippen LogP contribution in [0.15, 0.2) is 49.1 Å². The number of anilines is 1. The molecule has 9 rings (SSSR count). The van der Waals surface area contributed by atoms with E-state index < -0.39 is 57.0 Å². The van der Waals surface area contributed by atoms with E-state index in [9.17, 15) is 45.6 Å². The lowest BCUT2D eigenvalue weighted by Gasteiger charge is -2.45. The van der Waals surface area contributed by atoms with Crippen molar-refractivity contribution in [2.75, 3.05) is 65.2 Å². The SMILES string of the molecule is CC(C)N(C)[C@@H]1CC[C@H](N2CC[C@H](Nc3ncnc4ccc(C(F)(F)F)cc34)C2=O)[C@H](NC(=O)C2CCC(N3CCN(S(=O)(=O)C4CCN(C(=O)[C@H](C)NC(=O)[C@H]5CC(=O)N(C)[C@@H]5c5cccnc5)CC4)CC3)CC2)C1. The number of benzene rings is 1. The predicted octanol–water partition coefficient (Wildman–Crippen LogP) is 4.02. The highest BCUT2D eigenvalue weighted by atomic mass is 32.2. The smallest absolute Gasteiger partial charge is 0.358 e. The van der Waals surface area contributed by atoms with Crippen molar-refractivity contribution >= 4 is 56.3 Å². The number of nitrogens with one attached hydrogen (secondary N) is 3. The van der Waals surface area contributed by atoms with E-state index in [2.05, 4.69) is 61.6 Å². The van der Waals surface area contributed by atoms with Crippen molar-refractivity contribution in [2.24, 2.45) is 11.8 Å². The molecule has 0 spiro atoms. The number of sulfonamides is 1. The summed E-state index contributed by atoms with van der Waals surface area (Å²) in [5, 5.41) is 8.93. The zero-order valence-electron chi connectivity index (χ0n) is 44.1. The summed E-state index contributed by atoms with van der Waals surface area (Å²) in [5.41, 5.74) is 0.236. The van der Waals surface area contributed by atoms with Crippen LogP contribution in [0.5, 0.6) is 0 Å². The molecule has 4 aliphatic heterocycles. The van der Waals surface area contributed by atoms with Gasteiger partial charge in [0.2, 0.25) is 39.6 Å². The number of carbonyl (C=O) groups is 5. The Labute approximate surface area is 443 Å². The van der Waals surface area contributed by atoms with Crippen LogP contribution in [-0.4, -0.2) is 189 Å². The second kappa shape index (κ2) is 22.8. The average Bonchev–Trinajstić information content (AvgIpc) is 3.95. The summed E-state index contributed by atoms with van der Waals surface area (Å²) in [6, 6.07) is 4.91. The number of piperidine rings is 1. The number of rotatable bonds is 14. The van der Waals surface area contributed by atoms with E-state index in [4.69, 9.17) is 0 Å². The van der Waals surface area contributed by atoms with Crippen LogP contribution in [0.25, 0.3) is 10.9 Å². The number of carbonyl (C=O) groups excluding carboxylic acids is 5. The highest BCUT2D eigenvalue weighted by Crippen LogP contribution is 2.38. The van der Waals surface area contributed by atoms with Crippen molar-refractivity contribution in [3.05, 3.63) is 60.2 Å². The molecule has 0 unspecified atom stereocenters. The molecule has 6 heterocycles. The number of pyridine rings is 1. The van der Waals surface area contributed by atoms with Crippen LogP contribution in [0, 0.1) is 11.8 Å². The fraction of sp³-hybridized carbons (Fsp3) is 0.660. The minimum atomic E-state index is -4.56. The molecule has 76 heavy (non-hydrogen) atoms. The Bertz CT molecular complexity index is 2720. The molecule has 2 aromatic heterocycles. The van der Waals surface area contributed by atoms with Gasteiger partial charge in [0, 0.05) is 101 Å². The minimum absolute atomic E-state index is 0.0197. The maximum absolute atomic E-state index is 14.2. The molecule has 3 N–H and O–H groups in total. The fourth-order valence-electron chi connectivity index (χ4n) is 12.8. The Balaban J connectivity index is 0.739. The average molecular weight is 1080 g/mol. The van der Waals surface area contributed by atoms with Crippen molar-refractivity contribution in [1.82, 2.24) is 54.4 Å². The lowest BCUT2D eigenvalue weighted by molar-refractivity contribution is -0.138. The van der Waals surface area contributed by atoms with Gasteiger partial charge in [-0.3, -0.25) is 33.9 Å². The summed E-state index contributed by atoms with van der Waals surface area (Å²) in [6.07, 6.45) is 6.13. The molecule has 23 heteroatoms. The lowest BCUT2D eigenvalue weighted by atomic mass is 9.82. The van der Waals surface area contributed by atoms with Crippen LogP contribution >= 0.6 is 0 Å². The monoisotopic (exact) mass is 1080 g/mol. The Kier molecular flexibility index (Phi) is 16.6. The van der Waals surface area contributed by atoms with E-state index in [1.54, 1.807) is 46.5 Å². The van der Waals surface area contributed by atoms with Gasteiger partial charge in [0.1, 0.15) is 24.2 Å². The normalized spacial score (nSPS) is 28.1. The van der Waals surface area contributed by atoms with Crippen LogP contribution < -0.4 is 16.0 Å². The predicted molar refractivity (Wildman–Crippen MR) is 277 cm³/mol. The van der Waals surface area contributed by atoms with Gasteiger partial charge in [-0.15, -0.1) is 0 Å². The lowest BCUT2D eigenvalue weighted by Crippen LogP contribution is -2.59. The summed E-state index contributed by atoms with van der Waals surface area (Å²) < 4.78 is 70.5. The minimum Gasteiger partial charge on any atom is -0.358 e. The Morgan fingerprint density at radius 2 is 1.58 bits per heavy atom. The topological polar surface area (TPSA) is 214 Å². The molecule has 5 amide bonds. The Morgan fingerprint density at radius 3 is 2.25 bits per heavy atom. The van der Waals surface area contributed by atoms with Gasteiger partial charge < -0.3 is 35.6 Å². The Hall–Kier alpha value is -5.52. The van der Waals surface area contributed by atoms with Gasteiger partial charge in [0.15, 0.2) is 0 Å². The molecule has 1 aromatic carbocycles. The molecular weight excluding hydrogens is 1010 g/mol. The Morgan fingerprint density at radius 1 is 0.855 bits per heavy atom.